The van der Waals surface area contributed by atoms with E-state index < -0.39 is 0 Å². The van der Waals surface area contributed by atoms with Gasteiger partial charge in [-0.05, 0) is 45.2 Å². The SMILES string of the molecule is CCCNC(c1ccccc1OC(C)C)C1OCCC1C. The molecule has 21 heavy (non-hydrogen) atoms. The minimum absolute atomic E-state index is 0.180. The molecule has 0 saturated carbocycles. The van der Waals surface area contributed by atoms with Gasteiger partial charge in [0.25, 0.3) is 0 Å². The van der Waals surface area contributed by atoms with Gasteiger partial charge in [0.1, 0.15) is 5.75 Å². The summed E-state index contributed by atoms with van der Waals surface area (Å²) < 4.78 is 12.0. The highest BCUT2D eigenvalue weighted by Crippen LogP contribution is 2.35. The fourth-order valence-electron chi connectivity index (χ4n) is 2.94. The Labute approximate surface area is 129 Å². The highest BCUT2D eigenvalue weighted by molar-refractivity contribution is 5.37. The van der Waals surface area contributed by atoms with Crippen LogP contribution in [0.5, 0.6) is 5.75 Å². The van der Waals surface area contributed by atoms with Crippen LogP contribution in [0.3, 0.4) is 0 Å². The molecular formula is C18H29NO2. The number of hydrogen-bond donors (Lipinski definition) is 1. The number of ether oxygens (including phenoxy) is 2. The van der Waals surface area contributed by atoms with E-state index in [9.17, 15) is 0 Å². The Hall–Kier alpha value is -1.06. The van der Waals surface area contributed by atoms with Gasteiger partial charge in [0.15, 0.2) is 0 Å². The lowest BCUT2D eigenvalue weighted by molar-refractivity contribution is 0.0593. The smallest absolute Gasteiger partial charge is 0.124 e. The van der Waals surface area contributed by atoms with E-state index in [-0.39, 0.29) is 18.2 Å². The van der Waals surface area contributed by atoms with Crippen molar-refractivity contribution in [1.82, 2.24) is 5.32 Å². The molecule has 2 rings (SSSR count). The number of rotatable bonds is 7. The zero-order chi connectivity index (χ0) is 15.2. The molecule has 1 fully saturated rings. The predicted molar refractivity (Wildman–Crippen MR) is 86.8 cm³/mol. The second-order valence-corrected chi connectivity index (χ2v) is 6.24. The molecule has 1 N–H and O–H groups in total. The van der Waals surface area contributed by atoms with E-state index in [1.807, 2.05) is 6.07 Å². The molecule has 1 aromatic carbocycles. The molecule has 1 aromatic rings. The summed E-state index contributed by atoms with van der Waals surface area (Å²) in [4.78, 5) is 0. The van der Waals surface area contributed by atoms with E-state index in [0.29, 0.717) is 5.92 Å². The summed E-state index contributed by atoms with van der Waals surface area (Å²) in [7, 11) is 0. The molecule has 0 aliphatic carbocycles. The van der Waals surface area contributed by atoms with Crippen molar-refractivity contribution in [2.24, 2.45) is 5.92 Å². The number of hydrogen-bond acceptors (Lipinski definition) is 3. The molecule has 0 amide bonds. The Morgan fingerprint density at radius 3 is 2.71 bits per heavy atom. The van der Waals surface area contributed by atoms with Gasteiger partial charge in [0, 0.05) is 12.2 Å². The van der Waals surface area contributed by atoms with Crippen molar-refractivity contribution >= 4 is 0 Å². The van der Waals surface area contributed by atoms with Crippen molar-refractivity contribution in [3.63, 3.8) is 0 Å². The molecule has 118 valence electrons. The molecule has 3 nitrogen and oxygen atoms in total. The summed E-state index contributed by atoms with van der Waals surface area (Å²) >= 11 is 0. The van der Waals surface area contributed by atoms with Gasteiger partial charge in [0.2, 0.25) is 0 Å². The van der Waals surface area contributed by atoms with Crippen LogP contribution in [0.25, 0.3) is 0 Å². The van der Waals surface area contributed by atoms with E-state index in [2.05, 4.69) is 51.2 Å². The largest absolute Gasteiger partial charge is 0.491 e. The van der Waals surface area contributed by atoms with Crippen LogP contribution in [-0.2, 0) is 4.74 Å². The zero-order valence-corrected chi connectivity index (χ0v) is 13.8. The van der Waals surface area contributed by atoms with Gasteiger partial charge in [-0.3, -0.25) is 0 Å². The first kappa shape index (κ1) is 16.3. The third-order valence-corrected chi connectivity index (χ3v) is 4.00. The molecule has 1 heterocycles. The molecule has 3 heteroatoms. The maximum absolute atomic E-state index is 6.02. The second-order valence-electron chi connectivity index (χ2n) is 6.24. The predicted octanol–water partition coefficient (Wildman–Crippen LogP) is 3.94. The van der Waals surface area contributed by atoms with E-state index >= 15 is 0 Å². The van der Waals surface area contributed by atoms with Crippen molar-refractivity contribution < 1.29 is 9.47 Å². The van der Waals surface area contributed by atoms with Crippen molar-refractivity contribution in [2.75, 3.05) is 13.2 Å². The van der Waals surface area contributed by atoms with Crippen molar-refractivity contribution in [3.8, 4) is 5.75 Å². The lowest BCUT2D eigenvalue weighted by Gasteiger charge is -2.29. The van der Waals surface area contributed by atoms with Crippen molar-refractivity contribution in [1.29, 1.82) is 0 Å². The lowest BCUT2D eigenvalue weighted by Crippen LogP contribution is -2.35. The maximum Gasteiger partial charge on any atom is 0.124 e. The molecule has 0 bridgehead atoms. The number of nitrogens with one attached hydrogen (secondary N) is 1. The number of para-hydroxylation sites is 1. The summed E-state index contributed by atoms with van der Waals surface area (Å²) in [5, 5.41) is 3.67. The molecule has 3 unspecified atom stereocenters. The fourth-order valence-corrected chi connectivity index (χ4v) is 2.94. The zero-order valence-electron chi connectivity index (χ0n) is 13.8. The first-order valence-electron chi connectivity index (χ1n) is 8.24. The van der Waals surface area contributed by atoms with Crippen LogP contribution in [0.2, 0.25) is 0 Å². The first-order valence-corrected chi connectivity index (χ1v) is 8.24. The third-order valence-electron chi connectivity index (χ3n) is 4.00. The van der Waals surface area contributed by atoms with Crippen LogP contribution >= 0.6 is 0 Å². The van der Waals surface area contributed by atoms with Gasteiger partial charge in [-0.25, -0.2) is 0 Å². The fraction of sp³-hybridized carbons (Fsp3) is 0.667. The van der Waals surface area contributed by atoms with E-state index in [0.717, 1.165) is 31.7 Å². The number of benzene rings is 1. The van der Waals surface area contributed by atoms with Gasteiger partial charge in [-0.15, -0.1) is 0 Å². The normalized spacial score (nSPS) is 23.5. The Kier molecular flexibility index (Phi) is 6.07. The van der Waals surface area contributed by atoms with Gasteiger partial charge >= 0.3 is 0 Å². The van der Waals surface area contributed by atoms with E-state index in [4.69, 9.17) is 9.47 Å². The molecule has 1 saturated heterocycles. The van der Waals surface area contributed by atoms with E-state index in [1.165, 1.54) is 5.56 Å². The molecule has 0 radical (unpaired) electrons. The summed E-state index contributed by atoms with van der Waals surface area (Å²) in [5.41, 5.74) is 1.22. The standard InChI is InChI=1S/C18H29NO2/c1-5-11-19-17(18-14(4)10-12-20-18)15-8-6-7-9-16(15)21-13(2)3/h6-9,13-14,17-19H,5,10-12H2,1-4H3. The van der Waals surface area contributed by atoms with Crippen LogP contribution < -0.4 is 10.1 Å². The Bertz CT molecular complexity index is 433. The van der Waals surface area contributed by atoms with Gasteiger partial charge in [0.05, 0.1) is 18.2 Å². The summed E-state index contributed by atoms with van der Waals surface area (Å²) in [5.74, 6) is 1.55. The molecular weight excluding hydrogens is 262 g/mol. The van der Waals surface area contributed by atoms with Crippen molar-refractivity contribution in [3.05, 3.63) is 29.8 Å². The topological polar surface area (TPSA) is 30.5 Å². The third kappa shape index (κ3) is 4.21. The van der Waals surface area contributed by atoms with Crippen molar-refractivity contribution in [2.45, 2.75) is 58.8 Å². The Morgan fingerprint density at radius 2 is 2.10 bits per heavy atom. The highest BCUT2D eigenvalue weighted by Gasteiger charge is 2.34. The first-order chi connectivity index (χ1) is 10.1. The molecule has 3 atom stereocenters. The van der Waals surface area contributed by atoms with Crippen LogP contribution in [0.15, 0.2) is 24.3 Å². The lowest BCUT2D eigenvalue weighted by atomic mass is 9.92. The average Bonchev–Trinajstić information content (AvgIpc) is 2.87. The summed E-state index contributed by atoms with van der Waals surface area (Å²) in [6.07, 6.45) is 2.67. The molecule has 1 aliphatic heterocycles. The van der Waals surface area contributed by atoms with Gasteiger partial charge in [-0.1, -0.05) is 32.0 Å². The summed E-state index contributed by atoms with van der Waals surface area (Å²) in [6.45, 7) is 10.5. The van der Waals surface area contributed by atoms with Gasteiger partial charge < -0.3 is 14.8 Å². The van der Waals surface area contributed by atoms with Crippen LogP contribution in [-0.4, -0.2) is 25.4 Å². The average molecular weight is 291 g/mol. The van der Waals surface area contributed by atoms with Crippen LogP contribution in [0.4, 0.5) is 0 Å². The highest BCUT2D eigenvalue weighted by atomic mass is 16.5. The molecule has 0 spiro atoms. The van der Waals surface area contributed by atoms with Gasteiger partial charge in [-0.2, -0.15) is 0 Å². The Balaban J connectivity index is 2.27. The Morgan fingerprint density at radius 1 is 1.33 bits per heavy atom. The quantitative estimate of drug-likeness (QED) is 0.825. The monoisotopic (exact) mass is 291 g/mol. The molecule has 1 aliphatic rings. The maximum atomic E-state index is 6.02. The second kappa shape index (κ2) is 7.81. The minimum atomic E-state index is 0.180. The van der Waals surface area contributed by atoms with E-state index in [1.54, 1.807) is 0 Å². The van der Waals surface area contributed by atoms with Crippen LogP contribution in [0.1, 0.15) is 52.1 Å². The summed E-state index contributed by atoms with van der Waals surface area (Å²) in [6, 6.07) is 8.56. The van der Waals surface area contributed by atoms with Crippen LogP contribution in [0, 0.1) is 5.92 Å². The molecule has 0 aromatic heterocycles. The minimum Gasteiger partial charge on any atom is -0.491 e.